The van der Waals surface area contributed by atoms with Crippen molar-refractivity contribution >= 4 is 10.0 Å². The van der Waals surface area contributed by atoms with Crippen molar-refractivity contribution < 1.29 is 8.42 Å². The molecule has 5 heteroatoms. The summed E-state index contributed by atoms with van der Waals surface area (Å²) in [4.78, 5) is 0. The molecule has 0 radical (unpaired) electrons. The van der Waals surface area contributed by atoms with Crippen molar-refractivity contribution in [3.63, 3.8) is 0 Å². The lowest BCUT2D eigenvalue weighted by atomic mass is 10.0. The summed E-state index contributed by atoms with van der Waals surface area (Å²) in [6.45, 7) is 2.64. The Morgan fingerprint density at radius 2 is 2.07 bits per heavy atom. The second kappa shape index (κ2) is 4.16. The van der Waals surface area contributed by atoms with Crippen molar-refractivity contribution in [3.8, 4) is 0 Å². The molecular formula is C9H18N2O2S. The minimum absolute atomic E-state index is 0.0842. The number of piperidine rings is 1. The van der Waals surface area contributed by atoms with Gasteiger partial charge in [-0.15, -0.1) is 0 Å². The molecule has 2 aliphatic rings. The first kappa shape index (κ1) is 10.4. The Labute approximate surface area is 85.5 Å². The summed E-state index contributed by atoms with van der Waals surface area (Å²) in [5.74, 6) is 0.484. The first-order valence-corrected chi connectivity index (χ1v) is 6.92. The minimum atomic E-state index is -2.96. The van der Waals surface area contributed by atoms with Gasteiger partial charge in [0, 0.05) is 6.54 Å². The van der Waals surface area contributed by atoms with Gasteiger partial charge in [-0.3, -0.25) is 0 Å². The molecule has 0 aromatic carbocycles. The molecule has 1 atom stereocenters. The van der Waals surface area contributed by atoms with Gasteiger partial charge in [-0.2, -0.15) is 0 Å². The predicted octanol–water partition coefficient (Wildman–Crippen LogP) is 0.0678. The predicted molar refractivity (Wildman–Crippen MR) is 55.5 cm³/mol. The molecule has 1 saturated carbocycles. The fourth-order valence-corrected chi connectivity index (χ4v) is 3.29. The minimum Gasteiger partial charge on any atom is -0.316 e. The van der Waals surface area contributed by atoms with Crippen LogP contribution in [-0.4, -0.2) is 33.3 Å². The van der Waals surface area contributed by atoms with Crippen molar-refractivity contribution in [2.24, 2.45) is 5.92 Å². The van der Waals surface area contributed by atoms with Gasteiger partial charge in [-0.1, -0.05) is 0 Å². The maximum Gasteiger partial charge on any atom is 0.214 e. The average Bonchev–Trinajstić information content (AvgIpc) is 3.00. The highest BCUT2D eigenvalue weighted by molar-refractivity contribution is 7.90. The smallest absolute Gasteiger partial charge is 0.214 e. The summed E-state index contributed by atoms with van der Waals surface area (Å²) >= 11 is 0. The molecule has 2 fully saturated rings. The Balaban J connectivity index is 1.75. The molecule has 1 heterocycles. The molecular weight excluding hydrogens is 200 g/mol. The number of rotatable bonds is 4. The van der Waals surface area contributed by atoms with Crippen molar-refractivity contribution in [2.45, 2.75) is 30.9 Å². The quantitative estimate of drug-likeness (QED) is 0.702. The molecule has 2 N–H and O–H groups in total. The Morgan fingerprint density at radius 1 is 1.29 bits per heavy atom. The van der Waals surface area contributed by atoms with E-state index in [0.29, 0.717) is 12.5 Å². The van der Waals surface area contributed by atoms with Gasteiger partial charge in [0.05, 0.1) is 5.25 Å². The highest BCUT2D eigenvalue weighted by Gasteiger charge is 2.35. The molecule has 0 aromatic rings. The standard InChI is InChI=1S/C9H18N2O2S/c12-14(13,9-3-4-9)11-7-8-2-1-5-10-6-8/h8-11H,1-7H2. The number of hydrogen-bond donors (Lipinski definition) is 2. The summed E-state index contributed by atoms with van der Waals surface area (Å²) in [5.41, 5.74) is 0. The van der Waals surface area contributed by atoms with Crippen molar-refractivity contribution in [3.05, 3.63) is 0 Å². The van der Waals surface area contributed by atoms with Gasteiger partial charge in [-0.05, 0) is 44.7 Å². The molecule has 4 nitrogen and oxygen atoms in total. The van der Waals surface area contributed by atoms with Crippen molar-refractivity contribution in [1.82, 2.24) is 10.0 Å². The third-order valence-corrected chi connectivity index (χ3v) is 4.85. The zero-order valence-electron chi connectivity index (χ0n) is 8.33. The van der Waals surface area contributed by atoms with E-state index in [9.17, 15) is 8.42 Å². The van der Waals surface area contributed by atoms with Gasteiger partial charge < -0.3 is 5.32 Å². The molecule has 1 saturated heterocycles. The monoisotopic (exact) mass is 218 g/mol. The Morgan fingerprint density at radius 3 is 2.64 bits per heavy atom. The lowest BCUT2D eigenvalue weighted by Crippen LogP contribution is -2.39. The van der Waals surface area contributed by atoms with Gasteiger partial charge in [0.15, 0.2) is 0 Å². The summed E-state index contributed by atoms with van der Waals surface area (Å²) in [5, 5.41) is 3.20. The van der Waals surface area contributed by atoms with Gasteiger partial charge in [0.1, 0.15) is 0 Å². The van der Waals surface area contributed by atoms with Crippen LogP contribution in [0.1, 0.15) is 25.7 Å². The second-order valence-corrected chi connectivity index (χ2v) is 6.35. The lowest BCUT2D eigenvalue weighted by molar-refractivity contribution is 0.376. The van der Waals surface area contributed by atoms with Crippen LogP contribution >= 0.6 is 0 Å². The van der Waals surface area contributed by atoms with Gasteiger partial charge in [0.2, 0.25) is 10.0 Å². The van der Waals surface area contributed by atoms with Gasteiger partial charge >= 0.3 is 0 Å². The molecule has 1 aliphatic heterocycles. The SMILES string of the molecule is O=S(=O)(NCC1CCCNC1)C1CC1. The zero-order chi connectivity index (χ0) is 10.0. The van der Waals surface area contributed by atoms with E-state index in [2.05, 4.69) is 10.0 Å². The van der Waals surface area contributed by atoms with Crippen LogP contribution in [0.4, 0.5) is 0 Å². The maximum absolute atomic E-state index is 11.5. The molecule has 0 spiro atoms. The van der Waals surface area contributed by atoms with E-state index in [0.717, 1.165) is 38.8 Å². The normalized spacial score (nSPS) is 29.0. The summed E-state index contributed by atoms with van der Waals surface area (Å²) in [6, 6.07) is 0. The van der Waals surface area contributed by atoms with Crippen molar-refractivity contribution in [1.29, 1.82) is 0 Å². The van der Waals surface area contributed by atoms with E-state index in [1.165, 1.54) is 0 Å². The van der Waals surface area contributed by atoms with Crippen LogP contribution < -0.4 is 10.0 Å². The molecule has 0 aromatic heterocycles. The number of sulfonamides is 1. The highest BCUT2D eigenvalue weighted by atomic mass is 32.2. The first-order valence-electron chi connectivity index (χ1n) is 5.38. The zero-order valence-corrected chi connectivity index (χ0v) is 9.15. The fourth-order valence-electron chi connectivity index (χ4n) is 1.83. The van der Waals surface area contributed by atoms with Gasteiger partial charge in [-0.25, -0.2) is 13.1 Å². The van der Waals surface area contributed by atoms with Crippen LogP contribution in [0.5, 0.6) is 0 Å². The fraction of sp³-hybridized carbons (Fsp3) is 1.00. The first-order chi connectivity index (χ1) is 6.68. The highest BCUT2D eigenvalue weighted by Crippen LogP contribution is 2.27. The topological polar surface area (TPSA) is 58.2 Å². The lowest BCUT2D eigenvalue weighted by Gasteiger charge is -2.22. The maximum atomic E-state index is 11.5. The summed E-state index contributed by atoms with van der Waals surface area (Å²) in [7, 11) is -2.96. The van der Waals surface area contributed by atoms with Crippen LogP contribution in [0.25, 0.3) is 0 Å². The molecule has 14 heavy (non-hydrogen) atoms. The number of hydrogen-bond acceptors (Lipinski definition) is 3. The largest absolute Gasteiger partial charge is 0.316 e. The second-order valence-electron chi connectivity index (χ2n) is 4.31. The van der Waals surface area contributed by atoms with Crippen LogP contribution in [-0.2, 0) is 10.0 Å². The number of nitrogens with one attached hydrogen (secondary N) is 2. The molecule has 0 amide bonds. The Bertz CT molecular complexity index is 279. The Kier molecular flexibility index (Phi) is 3.09. The molecule has 1 unspecified atom stereocenters. The summed E-state index contributed by atoms with van der Waals surface area (Å²) < 4.78 is 25.7. The van der Waals surface area contributed by atoms with E-state index in [4.69, 9.17) is 0 Å². The molecule has 82 valence electrons. The van der Waals surface area contributed by atoms with Crippen molar-refractivity contribution in [2.75, 3.05) is 19.6 Å². The van der Waals surface area contributed by atoms with E-state index in [-0.39, 0.29) is 5.25 Å². The third-order valence-electron chi connectivity index (χ3n) is 2.94. The third kappa shape index (κ3) is 2.68. The molecule has 1 aliphatic carbocycles. The van der Waals surface area contributed by atoms with Crippen LogP contribution in [0.15, 0.2) is 0 Å². The van der Waals surface area contributed by atoms with E-state index in [1.807, 2.05) is 0 Å². The van der Waals surface area contributed by atoms with Crippen LogP contribution in [0, 0.1) is 5.92 Å². The molecule has 0 bridgehead atoms. The van der Waals surface area contributed by atoms with E-state index >= 15 is 0 Å². The Hall–Kier alpha value is -0.130. The average molecular weight is 218 g/mol. The molecule has 2 rings (SSSR count). The summed E-state index contributed by atoms with van der Waals surface area (Å²) in [6.07, 6.45) is 3.99. The van der Waals surface area contributed by atoms with Crippen LogP contribution in [0.2, 0.25) is 0 Å². The van der Waals surface area contributed by atoms with E-state index in [1.54, 1.807) is 0 Å². The van der Waals surface area contributed by atoms with Crippen LogP contribution in [0.3, 0.4) is 0 Å². The van der Waals surface area contributed by atoms with E-state index < -0.39 is 10.0 Å². The van der Waals surface area contributed by atoms with Gasteiger partial charge in [0.25, 0.3) is 0 Å².